The predicted molar refractivity (Wildman–Crippen MR) is 151 cm³/mol. The smallest absolute Gasteiger partial charge is 0.247 e. The fourth-order valence-electron chi connectivity index (χ4n) is 6.75. The Bertz CT molecular complexity index is 1050. The second-order valence-corrected chi connectivity index (χ2v) is 12.2. The Morgan fingerprint density at radius 1 is 1.16 bits per heavy atom. The van der Waals surface area contributed by atoms with E-state index in [0.717, 1.165) is 18.4 Å². The van der Waals surface area contributed by atoms with Crippen LogP contribution in [0.1, 0.15) is 45.1 Å². The summed E-state index contributed by atoms with van der Waals surface area (Å²) in [6.07, 6.45) is 6.30. The topological polar surface area (TPSA) is 81.2 Å². The molecule has 4 rings (SSSR count). The molecule has 206 valence electrons. The molecule has 1 spiro atoms. The van der Waals surface area contributed by atoms with Gasteiger partial charge in [0.25, 0.3) is 0 Å². The van der Waals surface area contributed by atoms with Gasteiger partial charge in [-0.15, -0.1) is 24.9 Å². The van der Waals surface area contributed by atoms with E-state index in [1.54, 1.807) is 33.7 Å². The maximum atomic E-state index is 14.5. The van der Waals surface area contributed by atoms with Crippen molar-refractivity contribution in [3.63, 3.8) is 0 Å². The Morgan fingerprint density at radius 3 is 2.45 bits per heavy atom. The molecule has 3 saturated heterocycles. The van der Waals surface area contributed by atoms with E-state index >= 15 is 0 Å². The van der Waals surface area contributed by atoms with Crippen LogP contribution in [0.15, 0.2) is 55.6 Å². The fourth-order valence-corrected chi connectivity index (χ4v) is 8.94. The van der Waals surface area contributed by atoms with Gasteiger partial charge in [-0.05, 0) is 31.2 Å². The van der Waals surface area contributed by atoms with Crippen molar-refractivity contribution in [3.05, 3.63) is 61.2 Å². The van der Waals surface area contributed by atoms with Crippen LogP contribution in [0, 0.1) is 11.8 Å². The first-order valence-corrected chi connectivity index (χ1v) is 14.7. The number of carbonyl (C=O) groups excluding carboxylic acids is 3. The van der Waals surface area contributed by atoms with Gasteiger partial charge in [0, 0.05) is 31.4 Å². The summed E-state index contributed by atoms with van der Waals surface area (Å²) in [5.41, 5.74) is 0.998. The van der Waals surface area contributed by atoms with Crippen LogP contribution in [0.25, 0.3) is 0 Å². The molecule has 6 atom stereocenters. The first-order chi connectivity index (χ1) is 18.4. The number of aliphatic hydroxyl groups is 1. The Balaban J connectivity index is 1.75. The van der Waals surface area contributed by atoms with Crippen molar-refractivity contribution in [1.82, 2.24) is 14.7 Å². The zero-order valence-electron chi connectivity index (χ0n) is 22.6. The molecule has 0 radical (unpaired) electrons. The molecule has 1 N–H and O–H groups in total. The number of amides is 3. The highest BCUT2D eigenvalue weighted by Crippen LogP contribution is 2.67. The van der Waals surface area contributed by atoms with Crippen molar-refractivity contribution < 1.29 is 19.5 Å². The van der Waals surface area contributed by atoms with Crippen molar-refractivity contribution in [2.45, 2.75) is 68.2 Å². The summed E-state index contributed by atoms with van der Waals surface area (Å²) >= 11 is 1.67. The lowest BCUT2D eigenvalue weighted by molar-refractivity contribution is -0.147. The van der Waals surface area contributed by atoms with Gasteiger partial charge >= 0.3 is 0 Å². The molecule has 0 aliphatic carbocycles. The standard InChI is InChI=1S/C30H41N3O4S/c1-5-16-31(17-6-2)27(35)24-23-14-15-30(38-23)25(24)28(36)33(22(8-4)20-34)26(30)29(37)32(18-7-3)19-21-12-10-9-11-13-21/h5,7,9-13,22-26,34H,1,3,6,8,14-20H2,2,4H3/t22-,23-,24+,25-,26?,30?/m0/s1. The van der Waals surface area contributed by atoms with Crippen molar-refractivity contribution in [2.24, 2.45) is 11.8 Å². The summed E-state index contributed by atoms with van der Waals surface area (Å²) in [7, 11) is 0. The van der Waals surface area contributed by atoms with Gasteiger partial charge in [-0.1, -0.05) is 56.3 Å². The number of nitrogens with zero attached hydrogens (tertiary/aromatic N) is 3. The summed E-state index contributed by atoms with van der Waals surface area (Å²) in [5.74, 6) is -1.34. The van der Waals surface area contributed by atoms with E-state index in [0.29, 0.717) is 39.0 Å². The summed E-state index contributed by atoms with van der Waals surface area (Å²) in [5, 5.41) is 10.3. The van der Waals surface area contributed by atoms with E-state index in [1.165, 1.54) is 0 Å². The van der Waals surface area contributed by atoms with Crippen LogP contribution in [0.4, 0.5) is 0 Å². The molecule has 3 aliphatic heterocycles. The van der Waals surface area contributed by atoms with Gasteiger partial charge in [0.2, 0.25) is 17.7 Å². The first-order valence-electron chi connectivity index (χ1n) is 13.8. The minimum atomic E-state index is -0.729. The number of thioether (sulfide) groups is 1. The third-order valence-corrected chi connectivity index (χ3v) is 10.3. The monoisotopic (exact) mass is 539 g/mol. The molecular formula is C30H41N3O4S. The number of hydrogen-bond acceptors (Lipinski definition) is 5. The summed E-state index contributed by atoms with van der Waals surface area (Å²) in [6, 6.07) is 8.59. The number of benzene rings is 1. The normalized spacial score (nSPS) is 28.2. The van der Waals surface area contributed by atoms with E-state index in [-0.39, 0.29) is 29.6 Å². The fraction of sp³-hybridized carbons (Fsp3) is 0.567. The molecule has 3 amide bonds. The molecule has 1 aromatic rings. The summed E-state index contributed by atoms with van der Waals surface area (Å²) in [4.78, 5) is 47.8. The molecule has 8 heteroatoms. The molecule has 1 aromatic carbocycles. The Hall–Kier alpha value is -2.58. The van der Waals surface area contributed by atoms with Crippen molar-refractivity contribution in [3.8, 4) is 0 Å². The first kappa shape index (κ1) is 28.4. The van der Waals surface area contributed by atoms with E-state index in [1.807, 2.05) is 49.1 Å². The van der Waals surface area contributed by atoms with Crippen molar-refractivity contribution in [2.75, 3.05) is 26.2 Å². The minimum absolute atomic E-state index is 0.00857. The second kappa shape index (κ2) is 12.1. The Labute approximate surface area is 230 Å². The molecule has 0 aromatic heterocycles. The highest BCUT2D eigenvalue weighted by atomic mass is 32.2. The lowest BCUT2D eigenvalue weighted by Crippen LogP contribution is -2.57. The molecule has 2 bridgehead atoms. The number of hydrogen-bond donors (Lipinski definition) is 1. The number of fused-ring (bicyclic) bond motifs is 1. The third-order valence-electron chi connectivity index (χ3n) is 8.36. The SMILES string of the molecule is C=CCN(Cc1ccccc1)C(=O)C1N([C@@H](CC)CO)C(=O)[C@@H]2[C@H](C(=O)N(CC=C)CCC)[C@@H]3CCC12S3. The lowest BCUT2D eigenvalue weighted by Gasteiger charge is -2.39. The number of likely N-dealkylation sites (tertiary alicyclic amines) is 1. The van der Waals surface area contributed by atoms with Gasteiger partial charge in [0.05, 0.1) is 29.2 Å². The van der Waals surface area contributed by atoms with E-state index in [4.69, 9.17) is 0 Å². The van der Waals surface area contributed by atoms with Gasteiger partial charge in [0.15, 0.2) is 0 Å². The molecule has 38 heavy (non-hydrogen) atoms. The molecule has 3 aliphatic rings. The highest BCUT2D eigenvalue weighted by molar-refractivity contribution is 8.02. The van der Waals surface area contributed by atoms with Crippen molar-refractivity contribution >= 4 is 29.5 Å². The maximum Gasteiger partial charge on any atom is 0.247 e. The molecular weight excluding hydrogens is 498 g/mol. The Kier molecular flexibility index (Phi) is 9.04. The van der Waals surface area contributed by atoms with Crippen LogP contribution in [-0.4, -0.2) is 85.8 Å². The molecule has 7 nitrogen and oxygen atoms in total. The quantitative estimate of drug-likeness (QED) is 0.388. The van der Waals surface area contributed by atoms with Gasteiger partial charge in [0.1, 0.15) is 6.04 Å². The Morgan fingerprint density at radius 2 is 1.84 bits per heavy atom. The van der Waals surface area contributed by atoms with E-state index in [2.05, 4.69) is 13.2 Å². The molecule has 3 fully saturated rings. The van der Waals surface area contributed by atoms with Crippen LogP contribution in [0.3, 0.4) is 0 Å². The van der Waals surface area contributed by atoms with Crippen LogP contribution in [-0.2, 0) is 20.9 Å². The number of rotatable bonds is 13. The summed E-state index contributed by atoms with van der Waals surface area (Å²) < 4.78 is -0.677. The average Bonchev–Trinajstić information content (AvgIpc) is 3.57. The van der Waals surface area contributed by atoms with Crippen LogP contribution < -0.4 is 0 Å². The number of carbonyl (C=O) groups is 3. The average molecular weight is 540 g/mol. The predicted octanol–water partition coefficient (Wildman–Crippen LogP) is 3.49. The second-order valence-electron chi connectivity index (χ2n) is 10.6. The van der Waals surface area contributed by atoms with Crippen LogP contribution >= 0.6 is 11.8 Å². The number of aliphatic hydroxyl groups excluding tert-OH is 1. The van der Waals surface area contributed by atoms with Gasteiger partial charge < -0.3 is 19.8 Å². The zero-order valence-corrected chi connectivity index (χ0v) is 23.4. The van der Waals surface area contributed by atoms with Gasteiger partial charge in [-0.25, -0.2) is 0 Å². The van der Waals surface area contributed by atoms with Crippen molar-refractivity contribution in [1.29, 1.82) is 0 Å². The molecule has 2 unspecified atom stereocenters. The minimum Gasteiger partial charge on any atom is -0.394 e. The van der Waals surface area contributed by atoms with Crippen LogP contribution in [0.5, 0.6) is 0 Å². The highest BCUT2D eigenvalue weighted by Gasteiger charge is 2.74. The maximum absolute atomic E-state index is 14.5. The largest absolute Gasteiger partial charge is 0.394 e. The third kappa shape index (κ3) is 4.81. The lowest BCUT2D eigenvalue weighted by atomic mass is 9.70. The van der Waals surface area contributed by atoms with Gasteiger partial charge in [-0.2, -0.15) is 0 Å². The zero-order chi connectivity index (χ0) is 27.4. The molecule has 3 heterocycles. The van der Waals surface area contributed by atoms with E-state index < -0.39 is 28.7 Å². The van der Waals surface area contributed by atoms with Crippen LogP contribution in [0.2, 0.25) is 0 Å². The van der Waals surface area contributed by atoms with E-state index in [9.17, 15) is 19.5 Å². The summed E-state index contributed by atoms with van der Waals surface area (Å²) in [6.45, 7) is 13.2. The molecule has 0 saturated carbocycles. The van der Waals surface area contributed by atoms with Gasteiger partial charge in [-0.3, -0.25) is 14.4 Å².